The van der Waals surface area contributed by atoms with Gasteiger partial charge in [-0.3, -0.25) is 9.69 Å². The van der Waals surface area contributed by atoms with Crippen molar-refractivity contribution in [2.45, 2.75) is 31.7 Å². The lowest BCUT2D eigenvalue weighted by atomic mass is 10.1. The number of anilines is 1. The van der Waals surface area contributed by atoms with Crippen molar-refractivity contribution >= 4 is 29.4 Å². The lowest BCUT2D eigenvalue weighted by Crippen LogP contribution is -2.46. The summed E-state index contributed by atoms with van der Waals surface area (Å²) in [5.41, 5.74) is 7.26. The fourth-order valence-electron chi connectivity index (χ4n) is 2.75. The van der Waals surface area contributed by atoms with E-state index in [1.165, 1.54) is 16.7 Å². The van der Waals surface area contributed by atoms with Gasteiger partial charge in [0.25, 0.3) is 0 Å². The Balaban J connectivity index is 1.94. The Morgan fingerprint density at radius 1 is 1.31 bits per heavy atom. The molecule has 1 aliphatic rings. The van der Waals surface area contributed by atoms with Crippen molar-refractivity contribution in [1.82, 2.24) is 10.2 Å². The third-order valence-electron chi connectivity index (χ3n) is 3.91. The molecule has 0 fully saturated rings. The summed E-state index contributed by atoms with van der Waals surface area (Å²) in [6.45, 7) is -0.579. The van der Waals surface area contributed by atoms with Crippen LogP contribution in [0, 0.1) is 0 Å². The van der Waals surface area contributed by atoms with Gasteiger partial charge >= 0.3 is 12.2 Å². The molecule has 0 saturated heterocycles. The van der Waals surface area contributed by atoms with Gasteiger partial charge in [-0.1, -0.05) is 6.07 Å². The number of nitrogens with zero attached hydrogens (tertiary/aromatic N) is 1. The number of hydrogen-bond acceptors (Lipinski definition) is 4. The summed E-state index contributed by atoms with van der Waals surface area (Å²) in [5, 5.41) is 5.10. The van der Waals surface area contributed by atoms with Crippen LogP contribution in [-0.4, -0.2) is 47.6 Å². The minimum Gasteiger partial charge on any atom is -0.368 e. The minimum atomic E-state index is -4.25. The Labute approximate surface area is 153 Å². The van der Waals surface area contributed by atoms with Gasteiger partial charge in [0.2, 0.25) is 5.91 Å². The Morgan fingerprint density at radius 2 is 2.00 bits per heavy atom. The normalized spacial score (nSPS) is 15.4. The summed E-state index contributed by atoms with van der Waals surface area (Å²) in [4.78, 5) is 24.7. The number of hydrogen-bond donors (Lipinski definition) is 3. The number of carbonyl (C=O) groups is 2. The summed E-state index contributed by atoms with van der Waals surface area (Å²) < 4.78 is 37.5. The molecule has 0 aliphatic carbocycles. The molecule has 144 valence electrons. The number of thioether (sulfide) groups is 1. The van der Waals surface area contributed by atoms with Crippen LogP contribution in [0.1, 0.15) is 17.5 Å². The van der Waals surface area contributed by atoms with Crippen LogP contribution in [0.15, 0.2) is 18.2 Å². The average molecular weight is 390 g/mol. The van der Waals surface area contributed by atoms with Crippen molar-refractivity contribution in [2.24, 2.45) is 5.73 Å². The fraction of sp³-hybridized carbons (Fsp3) is 0.500. The number of fused-ring (bicyclic) bond motifs is 1. The smallest absolute Gasteiger partial charge is 0.368 e. The average Bonchev–Trinajstić information content (AvgIpc) is 2.90. The highest BCUT2D eigenvalue weighted by atomic mass is 32.2. The van der Waals surface area contributed by atoms with Crippen molar-refractivity contribution in [3.8, 4) is 0 Å². The molecule has 1 atom stereocenters. The zero-order chi connectivity index (χ0) is 19.3. The second-order valence-corrected chi connectivity index (χ2v) is 7.06. The number of alkyl halides is 3. The van der Waals surface area contributed by atoms with Gasteiger partial charge in [-0.2, -0.15) is 24.9 Å². The molecule has 0 spiro atoms. The summed E-state index contributed by atoms with van der Waals surface area (Å²) in [5.74, 6) is 0.0489. The molecule has 1 heterocycles. The van der Waals surface area contributed by atoms with Crippen molar-refractivity contribution in [3.63, 3.8) is 0 Å². The van der Waals surface area contributed by atoms with E-state index in [1.54, 1.807) is 18.2 Å². The van der Waals surface area contributed by atoms with Gasteiger partial charge in [0.05, 0.1) is 6.54 Å². The first-order valence-electron chi connectivity index (χ1n) is 7.94. The largest absolute Gasteiger partial charge is 0.401 e. The van der Waals surface area contributed by atoms with Crippen LogP contribution < -0.4 is 16.4 Å². The van der Waals surface area contributed by atoms with Crippen LogP contribution in [0.4, 0.5) is 23.7 Å². The van der Waals surface area contributed by atoms with Gasteiger partial charge in [-0.15, -0.1) is 0 Å². The quantitative estimate of drug-likeness (QED) is 0.667. The lowest BCUT2D eigenvalue weighted by molar-refractivity contribution is -0.147. The summed E-state index contributed by atoms with van der Waals surface area (Å²) in [6, 6.07) is 3.60. The van der Waals surface area contributed by atoms with Crippen LogP contribution in [0.3, 0.4) is 0 Å². The second kappa shape index (κ2) is 8.63. The molecule has 26 heavy (non-hydrogen) atoms. The molecule has 0 bridgehead atoms. The number of carbonyl (C=O) groups excluding carboxylic acids is 2. The number of urea groups is 1. The van der Waals surface area contributed by atoms with Crippen LogP contribution >= 0.6 is 11.8 Å². The Morgan fingerprint density at radius 3 is 2.62 bits per heavy atom. The topological polar surface area (TPSA) is 87.5 Å². The molecular formula is C16H21F3N4O2S. The van der Waals surface area contributed by atoms with Crippen LogP contribution in [0.5, 0.6) is 0 Å². The number of amides is 3. The van der Waals surface area contributed by atoms with E-state index in [1.807, 2.05) is 6.26 Å². The first-order chi connectivity index (χ1) is 12.2. The van der Waals surface area contributed by atoms with E-state index >= 15 is 0 Å². The summed E-state index contributed by atoms with van der Waals surface area (Å²) in [6.07, 6.45) is -1.95. The fourth-order valence-corrected chi connectivity index (χ4v) is 3.23. The van der Waals surface area contributed by atoms with E-state index < -0.39 is 30.7 Å². The first-order valence-corrected chi connectivity index (χ1v) is 9.34. The lowest BCUT2D eigenvalue weighted by Gasteiger charge is -2.16. The number of rotatable bonds is 7. The zero-order valence-corrected chi connectivity index (χ0v) is 15.0. The van der Waals surface area contributed by atoms with Crippen molar-refractivity contribution in [2.75, 3.05) is 23.9 Å². The molecule has 1 aromatic carbocycles. The van der Waals surface area contributed by atoms with E-state index in [9.17, 15) is 22.8 Å². The molecule has 3 amide bonds. The molecule has 1 aliphatic heterocycles. The molecule has 6 nitrogen and oxygen atoms in total. The number of nitrogens with two attached hydrogens (primary N) is 1. The minimum absolute atomic E-state index is 0.170. The second-order valence-electron chi connectivity index (χ2n) is 6.08. The molecule has 0 aromatic heterocycles. The van der Waals surface area contributed by atoms with Gasteiger partial charge < -0.3 is 16.4 Å². The molecule has 4 N–H and O–H groups in total. The van der Waals surface area contributed by atoms with Gasteiger partial charge in [0, 0.05) is 18.8 Å². The predicted octanol–water partition coefficient (Wildman–Crippen LogP) is 2.29. The standard InChI is InChI=1S/C16H21F3N4O2S/c1-26-5-4-13(14(20)24)22-15(25)21-12-3-2-10-7-23(8-11(10)6-12)9-16(17,18)19/h2-3,6,13H,4-5,7-9H2,1H3,(H2,20,24)(H2,21,22,25)/t13-/m0/s1. The molecule has 1 aromatic rings. The first kappa shape index (κ1) is 20.4. The Hall–Kier alpha value is -1.94. The van der Waals surface area contributed by atoms with Crippen molar-refractivity contribution in [1.29, 1.82) is 0 Å². The predicted molar refractivity (Wildman–Crippen MR) is 94.7 cm³/mol. The number of halogens is 3. The van der Waals surface area contributed by atoms with Gasteiger partial charge in [-0.25, -0.2) is 4.79 Å². The van der Waals surface area contributed by atoms with E-state index in [0.717, 1.165) is 11.1 Å². The highest BCUT2D eigenvalue weighted by Gasteiger charge is 2.33. The highest BCUT2D eigenvalue weighted by Crippen LogP contribution is 2.28. The summed E-state index contributed by atoms with van der Waals surface area (Å²) in [7, 11) is 0. The highest BCUT2D eigenvalue weighted by molar-refractivity contribution is 7.98. The van der Waals surface area contributed by atoms with E-state index in [-0.39, 0.29) is 13.1 Å². The molecule has 10 heteroatoms. The van der Waals surface area contributed by atoms with Gasteiger partial charge in [0.1, 0.15) is 6.04 Å². The molecule has 0 radical (unpaired) electrons. The third-order valence-corrected chi connectivity index (χ3v) is 4.56. The molecular weight excluding hydrogens is 369 g/mol. The Kier molecular flexibility index (Phi) is 6.76. The SMILES string of the molecule is CSCC[C@H](NC(=O)Nc1ccc2c(c1)CN(CC(F)(F)F)C2)C(N)=O. The van der Waals surface area contributed by atoms with Gasteiger partial charge in [0.15, 0.2) is 0 Å². The van der Waals surface area contributed by atoms with E-state index in [2.05, 4.69) is 10.6 Å². The number of primary amides is 1. The Bertz CT molecular complexity index is 669. The molecule has 0 saturated carbocycles. The number of nitrogens with one attached hydrogen (secondary N) is 2. The molecule has 0 unspecified atom stereocenters. The van der Waals surface area contributed by atoms with Crippen molar-refractivity contribution in [3.05, 3.63) is 29.3 Å². The monoisotopic (exact) mass is 390 g/mol. The zero-order valence-electron chi connectivity index (χ0n) is 14.2. The van der Waals surface area contributed by atoms with E-state index in [0.29, 0.717) is 17.9 Å². The van der Waals surface area contributed by atoms with Crippen LogP contribution in [0.2, 0.25) is 0 Å². The van der Waals surface area contributed by atoms with Crippen LogP contribution in [0.25, 0.3) is 0 Å². The van der Waals surface area contributed by atoms with E-state index in [4.69, 9.17) is 5.73 Å². The molecule has 2 rings (SSSR count). The summed E-state index contributed by atoms with van der Waals surface area (Å²) >= 11 is 1.53. The van der Waals surface area contributed by atoms with Crippen molar-refractivity contribution < 1.29 is 22.8 Å². The maximum atomic E-state index is 12.5. The van der Waals surface area contributed by atoms with Crippen LogP contribution in [-0.2, 0) is 17.9 Å². The number of benzene rings is 1. The van der Waals surface area contributed by atoms with Gasteiger partial charge in [-0.05, 0) is 41.7 Å². The maximum Gasteiger partial charge on any atom is 0.401 e. The maximum absolute atomic E-state index is 12.5. The third kappa shape index (κ3) is 6.10.